The van der Waals surface area contributed by atoms with Gasteiger partial charge in [0, 0.05) is 17.8 Å². The second-order valence-electron chi connectivity index (χ2n) is 2.85. The Kier molecular flexibility index (Phi) is 3.17. The lowest BCUT2D eigenvalue weighted by atomic mass is 10.1. The predicted octanol–water partition coefficient (Wildman–Crippen LogP) is 1.01. The van der Waals surface area contributed by atoms with E-state index in [1.54, 1.807) is 6.92 Å². The van der Waals surface area contributed by atoms with Crippen molar-refractivity contribution in [3.05, 3.63) is 29.1 Å². The summed E-state index contributed by atoms with van der Waals surface area (Å²) in [7, 11) is 0. The van der Waals surface area contributed by atoms with Gasteiger partial charge in [0.2, 0.25) is 0 Å². The normalized spacial score (nSPS) is 10.5. The van der Waals surface area contributed by atoms with Crippen LogP contribution < -0.4 is 0 Å². The largest absolute Gasteiger partial charge is 0.505 e. The van der Waals surface area contributed by atoms with Crippen LogP contribution in [-0.2, 0) is 4.79 Å². The number of rotatable bonds is 3. The van der Waals surface area contributed by atoms with Crippen molar-refractivity contribution in [1.82, 2.24) is 4.98 Å². The fourth-order valence-corrected chi connectivity index (χ4v) is 1.05. The summed E-state index contributed by atoms with van der Waals surface area (Å²) in [4.78, 5) is 24.8. The number of aromatic nitrogens is 1. The van der Waals surface area contributed by atoms with Crippen molar-refractivity contribution >= 4 is 18.3 Å². The zero-order chi connectivity index (χ0) is 11.4. The summed E-state index contributed by atoms with van der Waals surface area (Å²) < 4.78 is 0. The van der Waals surface area contributed by atoms with Crippen molar-refractivity contribution in [1.29, 1.82) is 0 Å². The van der Waals surface area contributed by atoms with E-state index in [-0.39, 0.29) is 16.9 Å². The van der Waals surface area contributed by atoms with Crippen LogP contribution in [-0.4, -0.2) is 27.5 Å². The Hall–Kier alpha value is -2.17. The van der Waals surface area contributed by atoms with Crippen LogP contribution in [0.5, 0.6) is 5.75 Å². The third kappa shape index (κ3) is 2.40. The number of carboxylic acid groups (broad SMARTS) is 1. The Morgan fingerprint density at radius 3 is 2.73 bits per heavy atom. The van der Waals surface area contributed by atoms with E-state index in [1.165, 1.54) is 12.3 Å². The molecule has 0 unspecified atom stereocenters. The van der Waals surface area contributed by atoms with Crippen LogP contribution in [0.2, 0.25) is 0 Å². The molecule has 1 rings (SSSR count). The number of hydrogen-bond donors (Lipinski definition) is 2. The number of aryl methyl sites for hydroxylation is 1. The van der Waals surface area contributed by atoms with Gasteiger partial charge in [0.1, 0.15) is 5.75 Å². The molecular formula is C10H9NO4. The van der Waals surface area contributed by atoms with Crippen LogP contribution >= 0.6 is 0 Å². The molecule has 5 nitrogen and oxygen atoms in total. The predicted molar refractivity (Wildman–Crippen MR) is 52.7 cm³/mol. The number of carboxylic acids is 1. The minimum absolute atomic E-state index is 0.0417. The topological polar surface area (TPSA) is 87.5 Å². The first-order chi connectivity index (χ1) is 7.06. The molecule has 0 spiro atoms. The van der Waals surface area contributed by atoms with Gasteiger partial charge in [-0.15, -0.1) is 0 Å². The van der Waals surface area contributed by atoms with E-state index in [0.29, 0.717) is 12.0 Å². The molecule has 0 atom stereocenters. The maximum absolute atomic E-state index is 10.7. The van der Waals surface area contributed by atoms with Crippen molar-refractivity contribution in [2.24, 2.45) is 0 Å². The van der Waals surface area contributed by atoms with Crippen LogP contribution in [0.25, 0.3) is 6.08 Å². The highest BCUT2D eigenvalue weighted by Crippen LogP contribution is 2.22. The Labute approximate surface area is 85.7 Å². The van der Waals surface area contributed by atoms with Crippen LogP contribution in [0, 0.1) is 6.92 Å². The van der Waals surface area contributed by atoms with Crippen molar-refractivity contribution < 1.29 is 19.8 Å². The highest BCUT2D eigenvalue weighted by Gasteiger charge is 2.08. The molecule has 0 aliphatic rings. The summed E-state index contributed by atoms with van der Waals surface area (Å²) >= 11 is 0. The van der Waals surface area contributed by atoms with E-state index in [0.717, 1.165) is 6.08 Å². The lowest BCUT2D eigenvalue weighted by molar-refractivity contribution is -0.131. The zero-order valence-corrected chi connectivity index (χ0v) is 7.97. The molecule has 0 bridgehead atoms. The van der Waals surface area contributed by atoms with Gasteiger partial charge in [0.05, 0.1) is 11.3 Å². The molecule has 78 valence electrons. The number of carbonyl (C=O) groups excluding carboxylic acids is 1. The summed E-state index contributed by atoms with van der Waals surface area (Å²) in [5.74, 6) is -1.36. The van der Waals surface area contributed by atoms with E-state index < -0.39 is 5.97 Å². The number of aromatic hydroxyl groups is 1. The van der Waals surface area contributed by atoms with Gasteiger partial charge in [-0.2, -0.15) is 0 Å². The van der Waals surface area contributed by atoms with Crippen molar-refractivity contribution in [2.45, 2.75) is 6.92 Å². The maximum atomic E-state index is 10.7. The first-order valence-corrected chi connectivity index (χ1v) is 4.11. The smallest absolute Gasteiger partial charge is 0.328 e. The van der Waals surface area contributed by atoms with Gasteiger partial charge in [-0.3, -0.25) is 9.78 Å². The number of nitrogens with zero attached hydrogens (tertiary/aromatic N) is 1. The van der Waals surface area contributed by atoms with Crippen LogP contribution in [0.1, 0.15) is 21.6 Å². The van der Waals surface area contributed by atoms with Gasteiger partial charge < -0.3 is 10.2 Å². The average Bonchev–Trinajstić information content (AvgIpc) is 2.19. The zero-order valence-electron chi connectivity index (χ0n) is 7.97. The van der Waals surface area contributed by atoms with Gasteiger partial charge in [-0.25, -0.2) is 4.79 Å². The lowest BCUT2D eigenvalue weighted by Gasteiger charge is -2.03. The number of aldehydes is 1. The average molecular weight is 207 g/mol. The van der Waals surface area contributed by atoms with Gasteiger partial charge in [0.15, 0.2) is 6.29 Å². The van der Waals surface area contributed by atoms with E-state index in [9.17, 15) is 14.7 Å². The third-order valence-electron chi connectivity index (χ3n) is 1.83. The molecule has 1 heterocycles. The number of pyridine rings is 1. The van der Waals surface area contributed by atoms with E-state index >= 15 is 0 Å². The van der Waals surface area contributed by atoms with Gasteiger partial charge in [-0.1, -0.05) is 0 Å². The fourth-order valence-electron chi connectivity index (χ4n) is 1.05. The molecule has 0 amide bonds. The molecule has 1 aromatic heterocycles. The quantitative estimate of drug-likeness (QED) is 0.570. The number of aliphatic carboxylic acids is 1. The minimum atomic E-state index is -1.13. The summed E-state index contributed by atoms with van der Waals surface area (Å²) in [6.45, 7) is 1.55. The van der Waals surface area contributed by atoms with E-state index in [4.69, 9.17) is 5.11 Å². The molecule has 0 aliphatic carbocycles. The number of hydrogen-bond acceptors (Lipinski definition) is 4. The number of carbonyl (C=O) groups is 2. The van der Waals surface area contributed by atoms with Crippen molar-refractivity contribution in [3.63, 3.8) is 0 Å². The van der Waals surface area contributed by atoms with Gasteiger partial charge in [-0.05, 0) is 13.0 Å². The minimum Gasteiger partial charge on any atom is -0.505 e. The Morgan fingerprint density at radius 1 is 1.53 bits per heavy atom. The SMILES string of the molecule is Cc1ncc(/C=C\C(=O)O)c(C=O)c1O. The van der Waals surface area contributed by atoms with E-state index in [2.05, 4.69) is 4.98 Å². The molecule has 0 saturated heterocycles. The summed E-state index contributed by atoms with van der Waals surface area (Å²) in [6, 6.07) is 0. The summed E-state index contributed by atoms with van der Waals surface area (Å²) in [5, 5.41) is 17.9. The molecule has 15 heavy (non-hydrogen) atoms. The van der Waals surface area contributed by atoms with E-state index in [1.807, 2.05) is 0 Å². The second-order valence-corrected chi connectivity index (χ2v) is 2.85. The fraction of sp³-hybridized carbons (Fsp3) is 0.100. The molecule has 2 N–H and O–H groups in total. The first-order valence-electron chi connectivity index (χ1n) is 4.11. The molecule has 1 aromatic rings. The van der Waals surface area contributed by atoms with Crippen molar-refractivity contribution in [2.75, 3.05) is 0 Å². The van der Waals surface area contributed by atoms with Crippen LogP contribution in [0.3, 0.4) is 0 Å². The molecule has 0 aromatic carbocycles. The molecule has 5 heteroatoms. The second kappa shape index (κ2) is 4.36. The highest BCUT2D eigenvalue weighted by atomic mass is 16.4. The lowest BCUT2D eigenvalue weighted by Crippen LogP contribution is -1.94. The highest BCUT2D eigenvalue weighted by molar-refractivity contribution is 5.90. The Morgan fingerprint density at radius 2 is 2.20 bits per heavy atom. The Balaban J connectivity index is 3.25. The summed E-state index contributed by atoms with van der Waals surface area (Å²) in [5.41, 5.74) is 0.639. The standard InChI is InChI=1S/C10H9NO4/c1-6-10(15)8(5-12)7(4-11-6)2-3-9(13)14/h2-5,15H,1H3,(H,13,14)/b3-2-. The molecule has 0 saturated carbocycles. The molecule has 0 radical (unpaired) electrons. The molecular weight excluding hydrogens is 198 g/mol. The molecule has 0 fully saturated rings. The molecule has 0 aliphatic heterocycles. The summed E-state index contributed by atoms with van der Waals surface area (Å²) in [6.07, 6.45) is 3.88. The Bertz CT molecular complexity index is 437. The third-order valence-corrected chi connectivity index (χ3v) is 1.83. The monoisotopic (exact) mass is 207 g/mol. The first kappa shape index (κ1) is 10.9. The van der Waals surface area contributed by atoms with Crippen LogP contribution in [0.4, 0.5) is 0 Å². The van der Waals surface area contributed by atoms with Gasteiger partial charge >= 0.3 is 5.97 Å². The van der Waals surface area contributed by atoms with Crippen molar-refractivity contribution in [3.8, 4) is 5.75 Å². The van der Waals surface area contributed by atoms with Crippen LogP contribution in [0.15, 0.2) is 12.3 Å². The maximum Gasteiger partial charge on any atom is 0.328 e. The van der Waals surface area contributed by atoms with Gasteiger partial charge in [0.25, 0.3) is 0 Å².